The van der Waals surface area contributed by atoms with E-state index < -0.39 is 0 Å². The van der Waals surface area contributed by atoms with E-state index in [-0.39, 0.29) is 0 Å². The standard InChI is InChI=1S/C12H10N4/c1-9-3-2-4-11(15-9)10-7-14-16-6-5-13-8-12(10)16/h2-8H,1H3. The summed E-state index contributed by atoms with van der Waals surface area (Å²) in [5.74, 6) is 0. The normalized spacial score (nSPS) is 10.8. The van der Waals surface area contributed by atoms with Gasteiger partial charge in [-0.25, -0.2) is 4.52 Å². The van der Waals surface area contributed by atoms with Crippen molar-refractivity contribution in [3.63, 3.8) is 0 Å². The van der Waals surface area contributed by atoms with Crippen LogP contribution in [0.2, 0.25) is 0 Å². The number of fused-ring (bicyclic) bond motifs is 1. The molecule has 4 nitrogen and oxygen atoms in total. The second-order valence-electron chi connectivity index (χ2n) is 3.63. The Morgan fingerprint density at radius 2 is 2.12 bits per heavy atom. The van der Waals surface area contributed by atoms with Gasteiger partial charge in [0.2, 0.25) is 0 Å². The van der Waals surface area contributed by atoms with Crippen molar-refractivity contribution in [2.24, 2.45) is 0 Å². The Hall–Kier alpha value is -2.23. The number of rotatable bonds is 1. The van der Waals surface area contributed by atoms with Crippen molar-refractivity contribution >= 4 is 5.52 Å². The highest BCUT2D eigenvalue weighted by molar-refractivity contribution is 5.76. The van der Waals surface area contributed by atoms with Crippen molar-refractivity contribution in [3.8, 4) is 11.3 Å². The first-order valence-electron chi connectivity index (χ1n) is 5.06. The molecule has 0 fully saturated rings. The summed E-state index contributed by atoms with van der Waals surface area (Å²) in [7, 11) is 0. The van der Waals surface area contributed by atoms with Crippen molar-refractivity contribution in [1.29, 1.82) is 0 Å². The predicted molar refractivity (Wildman–Crippen MR) is 61.0 cm³/mol. The molecule has 0 unspecified atom stereocenters. The summed E-state index contributed by atoms with van der Waals surface area (Å²) in [6.45, 7) is 1.98. The third-order valence-electron chi connectivity index (χ3n) is 2.49. The molecule has 16 heavy (non-hydrogen) atoms. The fourth-order valence-corrected chi connectivity index (χ4v) is 1.72. The summed E-state index contributed by atoms with van der Waals surface area (Å²) in [5.41, 5.74) is 3.92. The molecule has 0 atom stereocenters. The molecule has 0 amide bonds. The maximum Gasteiger partial charge on any atom is 0.0938 e. The van der Waals surface area contributed by atoms with E-state index in [1.807, 2.05) is 37.5 Å². The zero-order valence-electron chi connectivity index (χ0n) is 8.83. The average Bonchev–Trinajstić information content (AvgIpc) is 2.72. The third-order valence-corrected chi connectivity index (χ3v) is 2.49. The SMILES string of the molecule is Cc1cccc(-c2cnn3ccncc23)n1. The molecular weight excluding hydrogens is 200 g/mol. The summed E-state index contributed by atoms with van der Waals surface area (Å²) < 4.78 is 1.80. The van der Waals surface area contributed by atoms with E-state index in [9.17, 15) is 0 Å². The molecule has 0 radical (unpaired) electrons. The van der Waals surface area contributed by atoms with Crippen LogP contribution < -0.4 is 0 Å². The Morgan fingerprint density at radius 1 is 1.19 bits per heavy atom. The lowest BCUT2D eigenvalue weighted by Gasteiger charge is -1.99. The first-order valence-corrected chi connectivity index (χ1v) is 5.06. The molecule has 4 heteroatoms. The summed E-state index contributed by atoms with van der Waals surface area (Å²) in [6, 6.07) is 5.96. The molecule has 3 rings (SSSR count). The molecule has 0 saturated carbocycles. The van der Waals surface area contributed by atoms with E-state index in [1.54, 1.807) is 16.9 Å². The van der Waals surface area contributed by atoms with Crippen LogP contribution in [-0.4, -0.2) is 19.6 Å². The van der Waals surface area contributed by atoms with Gasteiger partial charge in [-0.3, -0.25) is 9.97 Å². The molecule has 0 saturated heterocycles. The molecule has 78 valence electrons. The molecule has 0 aromatic carbocycles. The van der Waals surface area contributed by atoms with Gasteiger partial charge in [-0.15, -0.1) is 0 Å². The van der Waals surface area contributed by atoms with Crippen LogP contribution in [0.25, 0.3) is 16.8 Å². The third kappa shape index (κ3) is 1.35. The Labute approximate surface area is 92.6 Å². The van der Waals surface area contributed by atoms with Gasteiger partial charge >= 0.3 is 0 Å². The monoisotopic (exact) mass is 210 g/mol. The second-order valence-corrected chi connectivity index (χ2v) is 3.63. The maximum atomic E-state index is 4.48. The highest BCUT2D eigenvalue weighted by atomic mass is 15.2. The van der Waals surface area contributed by atoms with Gasteiger partial charge in [-0.2, -0.15) is 5.10 Å². The Balaban J connectivity index is 2.26. The number of hydrogen-bond donors (Lipinski definition) is 0. The van der Waals surface area contributed by atoms with Crippen molar-refractivity contribution in [1.82, 2.24) is 19.6 Å². The van der Waals surface area contributed by atoms with Crippen molar-refractivity contribution < 1.29 is 0 Å². The van der Waals surface area contributed by atoms with E-state index >= 15 is 0 Å². The molecule has 0 aliphatic rings. The molecule has 0 bridgehead atoms. The number of hydrogen-bond acceptors (Lipinski definition) is 3. The van der Waals surface area contributed by atoms with Crippen LogP contribution in [0.1, 0.15) is 5.69 Å². The summed E-state index contributed by atoms with van der Waals surface area (Å²) in [6.07, 6.45) is 7.16. The van der Waals surface area contributed by atoms with Gasteiger partial charge in [-0.1, -0.05) is 6.07 Å². The Morgan fingerprint density at radius 3 is 3.00 bits per heavy atom. The lowest BCUT2D eigenvalue weighted by atomic mass is 10.2. The summed E-state index contributed by atoms with van der Waals surface area (Å²) in [5, 5.41) is 4.26. The molecular formula is C12H10N4. The molecule has 0 N–H and O–H groups in total. The minimum absolute atomic E-state index is 0.933. The zero-order valence-corrected chi connectivity index (χ0v) is 8.83. The molecule has 3 aromatic heterocycles. The molecule has 0 spiro atoms. The largest absolute Gasteiger partial charge is 0.261 e. The predicted octanol–water partition coefficient (Wildman–Crippen LogP) is 2.10. The lowest BCUT2D eigenvalue weighted by Crippen LogP contribution is -1.88. The number of aryl methyl sites for hydroxylation is 1. The van der Waals surface area contributed by atoms with Crippen LogP contribution in [0.5, 0.6) is 0 Å². The fraction of sp³-hybridized carbons (Fsp3) is 0.0833. The average molecular weight is 210 g/mol. The highest BCUT2D eigenvalue weighted by Crippen LogP contribution is 2.21. The minimum Gasteiger partial charge on any atom is -0.261 e. The molecule has 0 aliphatic carbocycles. The van der Waals surface area contributed by atoms with Crippen LogP contribution >= 0.6 is 0 Å². The Bertz CT molecular complexity index is 642. The van der Waals surface area contributed by atoms with Gasteiger partial charge < -0.3 is 0 Å². The van der Waals surface area contributed by atoms with Crippen molar-refractivity contribution in [3.05, 3.63) is 48.7 Å². The quantitative estimate of drug-likeness (QED) is 0.617. The van der Waals surface area contributed by atoms with Gasteiger partial charge in [0.05, 0.1) is 23.6 Å². The summed E-state index contributed by atoms with van der Waals surface area (Å²) in [4.78, 5) is 8.59. The van der Waals surface area contributed by atoms with Gasteiger partial charge in [0.1, 0.15) is 0 Å². The minimum atomic E-state index is 0.933. The topological polar surface area (TPSA) is 43.1 Å². The first-order chi connectivity index (χ1) is 7.84. The van der Waals surface area contributed by atoms with Crippen LogP contribution in [0.3, 0.4) is 0 Å². The fourth-order valence-electron chi connectivity index (χ4n) is 1.72. The van der Waals surface area contributed by atoms with E-state index in [1.165, 1.54) is 0 Å². The molecule has 3 aromatic rings. The van der Waals surface area contributed by atoms with E-state index in [0.29, 0.717) is 0 Å². The molecule has 0 aliphatic heterocycles. The number of aromatic nitrogens is 4. The highest BCUT2D eigenvalue weighted by Gasteiger charge is 2.07. The van der Waals surface area contributed by atoms with Crippen LogP contribution in [0.4, 0.5) is 0 Å². The van der Waals surface area contributed by atoms with Crippen LogP contribution in [0.15, 0.2) is 43.0 Å². The maximum absolute atomic E-state index is 4.48. The first kappa shape index (κ1) is 9.03. The van der Waals surface area contributed by atoms with Crippen LogP contribution in [-0.2, 0) is 0 Å². The van der Waals surface area contributed by atoms with E-state index in [4.69, 9.17) is 0 Å². The second kappa shape index (κ2) is 3.41. The van der Waals surface area contributed by atoms with Gasteiger partial charge in [0.25, 0.3) is 0 Å². The van der Waals surface area contributed by atoms with Gasteiger partial charge in [0, 0.05) is 23.7 Å². The summed E-state index contributed by atoms with van der Waals surface area (Å²) >= 11 is 0. The zero-order chi connectivity index (χ0) is 11.0. The van der Waals surface area contributed by atoms with Gasteiger partial charge in [-0.05, 0) is 19.1 Å². The van der Waals surface area contributed by atoms with E-state index in [0.717, 1.165) is 22.5 Å². The Kier molecular flexibility index (Phi) is 1.93. The van der Waals surface area contributed by atoms with Crippen molar-refractivity contribution in [2.75, 3.05) is 0 Å². The van der Waals surface area contributed by atoms with E-state index in [2.05, 4.69) is 15.1 Å². The number of pyridine rings is 1. The van der Waals surface area contributed by atoms with Crippen LogP contribution in [0, 0.1) is 6.92 Å². The van der Waals surface area contributed by atoms with Gasteiger partial charge in [0.15, 0.2) is 0 Å². The van der Waals surface area contributed by atoms with Crippen molar-refractivity contribution in [2.45, 2.75) is 6.92 Å². The molecule has 3 heterocycles. The number of nitrogens with zero attached hydrogens (tertiary/aromatic N) is 4. The lowest BCUT2D eigenvalue weighted by molar-refractivity contribution is 0.946. The smallest absolute Gasteiger partial charge is 0.0938 e.